The Balaban J connectivity index is 2.21. The maximum Gasteiger partial charge on any atom is 0.297 e. The Labute approximate surface area is 139 Å². The van der Waals surface area contributed by atoms with E-state index in [2.05, 4.69) is 0 Å². The van der Waals surface area contributed by atoms with Gasteiger partial charge in [0.2, 0.25) is 0 Å². The van der Waals surface area contributed by atoms with Crippen LogP contribution in [0.3, 0.4) is 0 Å². The lowest BCUT2D eigenvalue weighted by Crippen LogP contribution is -2.27. The molecule has 0 unspecified atom stereocenters. The van der Waals surface area contributed by atoms with Crippen LogP contribution in [0.2, 0.25) is 0 Å². The van der Waals surface area contributed by atoms with Crippen molar-refractivity contribution in [3.8, 4) is 0 Å². The van der Waals surface area contributed by atoms with Crippen molar-refractivity contribution in [3.63, 3.8) is 0 Å². The highest BCUT2D eigenvalue weighted by Gasteiger charge is 2.25. The smallest absolute Gasteiger partial charge is 0.262 e. The number of aryl methyl sites for hydroxylation is 1. The molecule has 0 saturated heterocycles. The molecule has 0 spiro atoms. The summed E-state index contributed by atoms with van der Waals surface area (Å²) >= 11 is 0. The van der Waals surface area contributed by atoms with Crippen LogP contribution in [0.15, 0.2) is 59.5 Å². The third kappa shape index (κ3) is 4.91. The fraction of sp³-hybridized carbons (Fsp3) is 0.368. The average molecular weight is 332 g/mol. The van der Waals surface area contributed by atoms with Gasteiger partial charge >= 0.3 is 0 Å². The predicted molar refractivity (Wildman–Crippen MR) is 92.8 cm³/mol. The van der Waals surface area contributed by atoms with Gasteiger partial charge in [-0.05, 0) is 30.5 Å². The largest absolute Gasteiger partial charge is 0.297 e. The first-order chi connectivity index (χ1) is 10.9. The van der Waals surface area contributed by atoms with Gasteiger partial charge in [0.15, 0.2) is 0 Å². The molecule has 0 fully saturated rings. The minimum absolute atomic E-state index is 0.149. The molecule has 4 heteroatoms. The van der Waals surface area contributed by atoms with E-state index in [1.165, 1.54) is 0 Å². The number of rotatable bonds is 7. The molecule has 0 aromatic heterocycles. The van der Waals surface area contributed by atoms with E-state index in [-0.39, 0.29) is 16.9 Å². The molecule has 0 N–H and O–H groups in total. The third-order valence-corrected chi connectivity index (χ3v) is 5.47. The first-order valence-corrected chi connectivity index (χ1v) is 9.37. The Bertz CT molecular complexity index is 706. The van der Waals surface area contributed by atoms with Gasteiger partial charge in [-0.3, -0.25) is 4.18 Å². The Morgan fingerprint density at radius 3 is 2.17 bits per heavy atom. The highest BCUT2D eigenvalue weighted by atomic mass is 32.2. The van der Waals surface area contributed by atoms with E-state index in [4.69, 9.17) is 4.18 Å². The molecule has 3 nitrogen and oxygen atoms in total. The fourth-order valence-electron chi connectivity index (χ4n) is 2.36. The van der Waals surface area contributed by atoms with Gasteiger partial charge < -0.3 is 0 Å². The monoisotopic (exact) mass is 332 g/mol. The van der Waals surface area contributed by atoms with Gasteiger partial charge in [-0.25, -0.2) is 0 Å². The van der Waals surface area contributed by atoms with Crippen molar-refractivity contribution in [2.24, 2.45) is 5.92 Å². The molecule has 0 aliphatic rings. The zero-order chi connectivity index (χ0) is 16.9. The molecule has 124 valence electrons. The minimum atomic E-state index is -3.75. The van der Waals surface area contributed by atoms with Gasteiger partial charge in [-0.2, -0.15) is 8.42 Å². The quantitative estimate of drug-likeness (QED) is 0.708. The van der Waals surface area contributed by atoms with E-state index >= 15 is 0 Å². The molecule has 2 aromatic carbocycles. The topological polar surface area (TPSA) is 43.4 Å². The maximum atomic E-state index is 12.5. The van der Waals surface area contributed by atoms with Crippen molar-refractivity contribution in [1.82, 2.24) is 0 Å². The van der Waals surface area contributed by atoms with Crippen molar-refractivity contribution < 1.29 is 12.6 Å². The zero-order valence-electron chi connectivity index (χ0n) is 13.9. The van der Waals surface area contributed by atoms with Gasteiger partial charge in [0.25, 0.3) is 10.1 Å². The molecule has 0 aliphatic carbocycles. The van der Waals surface area contributed by atoms with Crippen LogP contribution in [0.25, 0.3) is 0 Å². The Morgan fingerprint density at radius 1 is 1.00 bits per heavy atom. The lowest BCUT2D eigenvalue weighted by Gasteiger charge is -2.23. The molecule has 0 aliphatic heterocycles. The van der Waals surface area contributed by atoms with Crippen molar-refractivity contribution in [2.45, 2.75) is 44.6 Å². The predicted octanol–water partition coefficient (Wildman–Crippen LogP) is 4.36. The first-order valence-electron chi connectivity index (χ1n) is 7.96. The van der Waals surface area contributed by atoms with Gasteiger partial charge in [-0.15, -0.1) is 0 Å². The normalized spacial score (nSPS) is 14.4. The number of hydrogen-bond acceptors (Lipinski definition) is 3. The standard InChI is InChI=1S/C19H24O3S/c1-4-16(3)19(14-17-8-6-5-7-9-17)22-23(20,21)18-12-10-15(2)11-13-18/h5-13,16,19H,4,14H2,1-3H3/t16-,19-/m1/s1. The summed E-state index contributed by atoms with van der Waals surface area (Å²) in [5, 5.41) is 0. The second-order valence-corrected chi connectivity index (χ2v) is 7.55. The summed E-state index contributed by atoms with van der Waals surface area (Å²) in [6, 6.07) is 16.6. The molecule has 0 amide bonds. The minimum Gasteiger partial charge on any atom is -0.262 e. The second kappa shape index (κ2) is 7.75. The van der Waals surface area contributed by atoms with E-state index < -0.39 is 10.1 Å². The van der Waals surface area contributed by atoms with Crippen LogP contribution in [0.4, 0.5) is 0 Å². The zero-order valence-corrected chi connectivity index (χ0v) is 14.7. The van der Waals surface area contributed by atoms with Crippen molar-refractivity contribution >= 4 is 10.1 Å². The third-order valence-electron chi connectivity index (χ3n) is 4.12. The molecular weight excluding hydrogens is 308 g/mol. The molecule has 2 aromatic rings. The van der Waals surface area contributed by atoms with Crippen LogP contribution in [0.5, 0.6) is 0 Å². The molecule has 0 heterocycles. The summed E-state index contributed by atoms with van der Waals surface area (Å²) in [5.41, 5.74) is 2.10. The molecule has 2 atom stereocenters. The summed E-state index contributed by atoms with van der Waals surface area (Å²) in [5.74, 6) is 0.149. The van der Waals surface area contributed by atoms with Crippen LogP contribution in [-0.2, 0) is 20.7 Å². The average Bonchev–Trinajstić information content (AvgIpc) is 2.54. The van der Waals surface area contributed by atoms with E-state index in [1.54, 1.807) is 24.3 Å². The molecule has 0 radical (unpaired) electrons. The molecule has 0 bridgehead atoms. The summed E-state index contributed by atoms with van der Waals surface area (Å²) in [6.07, 6.45) is 1.08. The van der Waals surface area contributed by atoms with Gasteiger partial charge in [0, 0.05) is 6.42 Å². The maximum absolute atomic E-state index is 12.5. The Morgan fingerprint density at radius 2 is 1.61 bits per heavy atom. The van der Waals surface area contributed by atoms with Crippen LogP contribution in [0.1, 0.15) is 31.4 Å². The lowest BCUT2D eigenvalue weighted by molar-refractivity contribution is 0.147. The molecular formula is C19H24O3S. The fourth-order valence-corrected chi connectivity index (χ4v) is 3.53. The van der Waals surface area contributed by atoms with Crippen LogP contribution in [-0.4, -0.2) is 14.5 Å². The van der Waals surface area contributed by atoms with E-state index in [0.29, 0.717) is 6.42 Å². The van der Waals surface area contributed by atoms with Gasteiger partial charge in [-0.1, -0.05) is 68.3 Å². The summed E-state index contributed by atoms with van der Waals surface area (Å²) in [6.45, 7) is 6.00. The van der Waals surface area contributed by atoms with Crippen molar-refractivity contribution in [1.29, 1.82) is 0 Å². The van der Waals surface area contributed by atoms with Gasteiger partial charge in [0.05, 0.1) is 11.0 Å². The summed E-state index contributed by atoms with van der Waals surface area (Å²) in [7, 11) is -3.75. The van der Waals surface area contributed by atoms with E-state index in [9.17, 15) is 8.42 Å². The van der Waals surface area contributed by atoms with Crippen molar-refractivity contribution in [3.05, 3.63) is 65.7 Å². The molecule has 2 rings (SSSR count). The van der Waals surface area contributed by atoms with E-state index in [0.717, 1.165) is 17.5 Å². The number of benzene rings is 2. The van der Waals surface area contributed by atoms with Crippen LogP contribution >= 0.6 is 0 Å². The summed E-state index contributed by atoms with van der Waals surface area (Å²) < 4.78 is 30.7. The van der Waals surface area contributed by atoms with Gasteiger partial charge in [0.1, 0.15) is 0 Å². The van der Waals surface area contributed by atoms with Crippen LogP contribution < -0.4 is 0 Å². The Kier molecular flexibility index (Phi) is 5.97. The second-order valence-electron chi connectivity index (χ2n) is 5.98. The highest BCUT2D eigenvalue weighted by molar-refractivity contribution is 7.86. The molecule has 0 saturated carbocycles. The van der Waals surface area contributed by atoms with Crippen molar-refractivity contribution in [2.75, 3.05) is 0 Å². The summed E-state index contributed by atoms with van der Waals surface area (Å²) in [4.78, 5) is 0.212. The highest BCUT2D eigenvalue weighted by Crippen LogP contribution is 2.23. The van der Waals surface area contributed by atoms with Crippen LogP contribution in [0, 0.1) is 12.8 Å². The lowest BCUT2D eigenvalue weighted by atomic mass is 9.96. The Hall–Kier alpha value is -1.65. The SMILES string of the molecule is CC[C@@H](C)[C@@H](Cc1ccccc1)OS(=O)(=O)c1ccc(C)cc1. The molecule has 23 heavy (non-hydrogen) atoms. The number of hydrogen-bond donors (Lipinski definition) is 0. The van der Waals surface area contributed by atoms with E-state index in [1.807, 2.05) is 51.1 Å². The first kappa shape index (κ1) is 17.7.